The van der Waals surface area contributed by atoms with Crippen LogP contribution in [0.2, 0.25) is 5.02 Å². The van der Waals surface area contributed by atoms with E-state index in [0.29, 0.717) is 52.2 Å². The minimum Gasteiger partial charge on any atom is -0.494 e. The highest BCUT2D eigenvalue weighted by Crippen LogP contribution is 2.28. The van der Waals surface area contributed by atoms with Crippen molar-refractivity contribution in [1.82, 2.24) is 5.43 Å². The Morgan fingerprint density at radius 3 is 2.12 bits per heavy atom. The SMILES string of the molecule is CCOc1ccc(C(=O)Oc2ccc(C=NNC(=O)c3ccc(OCc4ccc(Cl)cc4)cc3)cc2OC)cc1. The first kappa shape index (κ1) is 28.2. The number of hydrogen-bond donors (Lipinski definition) is 1. The Bertz CT molecular complexity index is 1470. The van der Waals surface area contributed by atoms with Gasteiger partial charge in [-0.2, -0.15) is 5.10 Å². The van der Waals surface area contributed by atoms with Gasteiger partial charge in [0, 0.05) is 10.6 Å². The fourth-order valence-corrected chi connectivity index (χ4v) is 3.67. The van der Waals surface area contributed by atoms with Crippen molar-refractivity contribution in [3.8, 4) is 23.0 Å². The molecule has 0 unspecified atom stereocenters. The maximum absolute atomic E-state index is 12.5. The van der Waals surface area contributed by atoms with Crippen LogP contribution < -0.4 is 24.4 Å². The Morgan fingerprint density at radius 2 is 1.48 bits per heavy atom. The van der Waals surface area contributed by atoms with Gasteiger partial charge in [0.1, 0.15) is 18.1 Å². The Hall–Kier alpha value is -4.82. The number of halogens is 1. The molecule has 0 aliphatic heterocycles. The molecule has 0 heterocycles. The molecule has 1 amide bonds. The van der Waals surface area contributed by atoms with Crippen LogP contribution in [0.25, 0.3) is 0 Å². The predicted molar refractivity (Wildman–Crippen MR) is 153 cm³/mol. The first-order valence-corrected chi connectivity index (χ1v) is 12.8. The number of ether oxygens (including phenoxy) is 4. The van der Waals surface area contributed by atoms with E-state index in [1.807, 2.05) is 19.1 Å². The Morgan fingerprint density at radius 1 is 0.825 bits per heavy atom. The number of carbonyl (C=O) groups excluding carboxylic acids is 2. The number of amides is 1. The summed E-state index contributed by atoms with van der Waals surface area (Å²) in [7, 11) is 1.47. The summed E-state index contributed by atoms with van der Waals surface area (Å²) in [6.07, 6.45) is 1.46. The monoisotopic (exact) mass is 558 g/mol. The zero-order valence-corrected chi connectivity index (χ0v) is 22.7. The molecule has 40 heavy (non-hydrogen) atoms. The number of nitrogens with zero attached hydrogens (tertiary/aromatic N) is 1. The van der Waals surface area contributed by atoms with Gasteiger partial charge in [-0.15, -0.1) is 0 Å². The smallest absolute Gasteiger partial charge is 0.343 e. The Balaban J connectivity index is 1.30. The third-order valence-corrected chi connectivity index (χ3v) is 5.86. The molecule has 4 aromatic rings. The Labute approximate surface area is 237 Å². The molecule has 0 spiro atoms. The van der Waals surface area contributed by atoms with Gasteiger partial charge < -0.3 is 18.9 Å². The second kappa shape index (κ2) is 13.8. The molecule has 4 rings (SSSR count). The summed E-state index contributed by atoms with van der Waals surface area (Å²) in [4.78, 5) is 25.0. The molecule has 0 radical (unpaired) electrons. The van der Waals surface area contributed by atoms with Crippen LogP contribution in [0.5, 0.6) is 23.0 Å². The summed E-state index contributed by atoms with van der Waals surface area (Å²) in [5, 5.41) is 4.68. The number of hydrazone groups is 1. The average molecular weight is 559 g/mol. The number of carbonyl (C=O) groups is 2. The van der Waals surface area contributed by atoms with Crippen LogP contribution in [0.1, 0.15) is 38.8 Å². The molecule has 0 saturated carbocycles. The molecule has 8 nitrogen and oxygen atoms in total. The van der Waals surface area contributed by atoms with E-state index in [4.69, 9.17) is 30.5 Å². The third kappa shape index (κ3) is 7.85. The summed E-state index contributed by atoms with van der Waals surface area (Å²) in [6.45, 7) is 2.81. The molecule has 0 saturated heterocycles. The van der Waals surface area contributed by atoms with Gasteiger partial charge >= 0.3 is 5.97 Å². The molecule has 0 bridgehead atoms. The number of nitrogens with one attached hydrogen (secondary N) is 1. The lowest BCUT2D eigenvalue weighted by molar-refractivity contribution is 0.0729. The number of esters is 1. The lowest BCUT2D eigenvalue weighted by atomic mass is 10.2. The van der Waals surface area contributed by atoms with Crippen LogP contribution in [0.3, 0.4) is 0 Å². The number of benzene rings is 4. The van der Waals surface area contributed by atoms with E-state index in [2.05, 4.69) is 10.5 Å². The van der Waals surface area contributed by atoms with Crippen molar-refractivity contribution in [1.29, 1.82) is 0 Å². The van der Waals surface area contributed by atoms with Gasteiger partial charge in [-0.25, -0.2) is 10.2 Å². The molecule has 204 valence electrons. The quantitative estimate of drug-likeness (QED) is 0.100. The summed E-state index contributed by atoms with van der Waals surface area (Å²) in [6, 6.07) is 25.7. The second-order valence-electron chi connectivity index (χ2n) is 8.40. The van der Waals surface area contributed by atoms with Crippen LogP contribution in [-0.2, 0) is 6.61 Å². The van der Waals surface area contributed by atoms with E-state index in [-0.39, 0.29) is 11.7 Å². The summed E-state index contributed by atoms with van der Waals surface area (Å²) >= 11 is 5.90. The van der Waals surface area contributed by atoms with Gasteiger partial charge in [-0.3, -0.25) is 4.79 Å². The largest absolute Gasteiger partial charge is 0.494 e. The lowest BCUT2D eigenvalue weighted by Crippen LogP contribution is -2.17. The molecule has 4 aromatic carbocycles. The van der Waals surface area contributed by atoms with E-state index >= 15 is 0 Å². The van der Waals surface area contributed by atoms with Crippen molar-refractivity contribution in [2.45, 2.75) is 13.5 Å². The van der Waals surface area contributed by atoms with Gasteiger partial charge in [0.05, 0.1) is 25.5 Å². The summed E-state index contributed by atoms with van der Waals surface area (Å²) in [5.41, 5.74) is 4.90. The van der Waals surface area contributed by atoms with Crippen LogP contribution in [0.15, 0.2) is 96.1 Å². The standard InChI is InChI=1S/C31H27ClN2O6/c1-3-38-26-15-9-24(10-16-26)31(36)40-28-17-6-22(18-29(28)37-2)19-33-34-30(35)23-7-13-27(14-8-23)39-20-21-4-11-25(32)12-5-21/h4-19H,3,20H2,1-2H3,(H,34,35). The highest BCUT2D eigenvalue weighted by atomic mass is 35.5. The van der Waals surface area contributed by atoms with E-state index in [0.717, 1.165) is 5.56 Å². The van der Waals surface area contributed by atoms with Crippen molar-refractivity contribution < 1.29 is 28.5 Å². The highest BCUT2D eigenvalue weighted by Gasteiger charge is 2.13. The van der Waals surface area contributed by atoms with E-state index in [1.165, 1.54) is 13.3 Å². The molecule has 0 fully saturated rings. The molecule has 1 N–H and O–H groups in total. The van der Waals surface area contributed by atoms with Crippen molar-refractivity contribution >= 4 is 29.7 Å². The number of hydrogen-bond acceptors (Lipinski definition) is 7. The summed E-state index contributed by atoms with van der Waals surface area (Å²) in [5.74, 6) is 0.975. The lowest BCUT2D eigenvalue weighted by Gasteiger charge is -2.10. The average Bonchev–Trinajstić information content (AvgIpc) is 2.98. The van der Waals surface area contributed by atoms with Crippen molar-refractivity contribution in [3.63, 3.8) is 0 Å². The summed E-state index contributed by atoms with van der Waals surface area (Å²) < 4.78 is 22.0. The Kier molecular flexibility index (Phi) is 9.74. The van der Waals surface area contributed by atoms with Gasteiger partial charge in [0.2, 0.25) is 0 Å². The molecule has 0 aliphatic carbocycles. The first-order valence-electron chi connectivity index (χ1n) is 12.4. The molecule has 0 aromatic heterocycles. The van der Waals surface area contributed by atoms with Crippen LogP contribution >= 0.6 is 11.6 Å². The molecule has 0 aliphatic rings. The van der Waals surface area contributed by atoms with Gasteiger partial charge in [0.25, 0.3) is 5.91 Å². The van der Waals surface area contributed by atoms with E-state index < -0.39 is 5.97 Å². The zero-order chi connectivity index (χ0) is 28.3. The number of rotatable bonds is 11. The maximum atomic E-state index is 12.5. The molecule has 9 heteroatoms. The van der Waals surface area contributed by atoms with Gasteiger partial charge in [-0.05, 0) is 96.9 Å². The number of methoxy groups -OCH3 is 1. The molecular weight excluding hydrogens is 532 g/mol. The van der Waals surface area contributed by atoms with Crippen molar-refractivity contribution in [2.24, 2.45) is 5.10 Å². The van der Waals surface area contributed by atoms with Crippen LogP contribution in [-0.4, -0.2) is 31.8 Å². The topological polar surface area (TPSA) is 95.5 Å². The van der Waals surface area contributed by atoms with Crippen molar-refractivity contribution in [2.75, 3.05) is 13.7 Å². The third-order valence-electron chi connectivity index (χ3n) is 5.61. The fourth-order valence-electron chi connectivity index (χ4n) is 3.54. The fraction of sp³-hybridized carbons (Fsp3) is 0.129. The minimum atomic E-state index is -0.531. The first-order chi connectivity index (χ1) is 19.4. The maximum Gasteiger partial charge on any atom is 0.343 e. The second-order valence-corrected chi connectivity index (χ2v) is 8.83. The van der Waals surface area contributed by atoms with Crippen molar-refractivity contribution in [3.05, 3.63) is 118 Å². The normalized spacial score (nSPS) is 10.7. The predicted octanol–water partition coefficient (Wildman–Crippen LogP) is 6.31. The highest BCUT2D eigenvalue weighted by molar-refractivity contribution is 6.30. The van der Waals surface area contributed by atoms with Gasteiger partial charge in [0.15, 0.2) is 11.5 Å². The zero-order valence-electron chi connectivity index (χ0n) is 21.9. The van der Waals surface area contributed by atoms with Crippen LogP contribution in [0, 0.1) is 0 Å². The van der Waals surface area contributed by atoms with Gasteiger partial charge in [-0.1, -0.05) is 23.7 Å². The molecular formula is C31H27ClN2O6. The van der Waals surface area contributed by atoms with E-state index in [1.54, 1.807) is 78.9 Å². The van der Waals surface area contributed by atoms with Crippen LogP contribution in [0.4, 0.5) is 0 Å². The minimum absolute atomic E-state index is 0.251. The molecule has 0 atom stereocenters. The van der Waals surface area contributed by atoms with E-state index in [9.17, 15) is 9.59 Å².